The summed E-state index contributed by atoms with van der Waals surface area (Å²) in [7, 11) is 0. The van der Waals surface area contributed by atoms with Crippen molar-refractivity contribution in [1.82, 2.24) is 0 Å². The van der Waals surface area contributed by atoms with E-state index in [9.17, 15) is 84.2 Å². The molecule has 1 aromatic rings. The van der Waals surface area contributed by atoms with Gasteiger partial charge in [0.05, 0.1) is 12.2 Å². The van der Waals surface area contributed by atoms with Gasteiger partial charge < -0.3 is 10.1 Å². The number of carbonyl (C=O) groups is 2. The maximum absolute atomic E-state index is 14.2. The Morgan fingerprint density at radius 2 is 1.05 bits per heavy atom. The lowest BCUT2D eigenvalue weighted by Crippen LogP contribution is -2.75. The molecule has 4 nitrogen and oxygen atoms in total. The molecule has 22 heteroatoms. The number of anilines is 1. The van der Waals surface area contributed by atoms with Crippen molar-refractivity contribution in [3.05, 3.63) is 16.0 Å². The maximum atomic E-state index is 14.2. The third kappa shape index (κ3) is 4.82. The number of nitrogens with one attached hydrogen (secondary N) is 1. The molecule has 0 aromatic carbocycles. The normalized spacial score (nSPS) is 14.8. The molecule has 1 rings (SSSR count). The lowest BCUT2D eigenvalue weighted by Gasteiger charge is -2.42. The largest absolute Gasteiger partial charge is 0.462 e. The molecule has 0 unspecified atom stereocenters. The van der Waals surface area contributed by atoms with Gasteiger partial charge in [-0.2, -0.15) is 74.6 Å². The second-order valence-electron chi connectivity index (χ2n) is 7.68. The first-order valence-corrected chi connectivity index (χ1v) is 10.5. The van der Waals surface area contributed by atoms with E-state index in [1.54, 1.807) is 0 Å². The lowest BCUT2D eigenvalue weighted by atomic mass is 9.89. The van der Waals surface area contributed by atoms with Crippen molar-refractivity contribution >= 4 is 28.2 Å². The number of carbonyl (C=O) groups excluding carboxylic acids is 2. The molecule has 40 heavy (non-hydrogen) atoms. The Bertz CT molecular complexity index is 1140. The number of halogens is 17. The Labute approximate surface area is 214 Å². The number of ether oxygens (including phenoxy) is 1. The van der Waals surface area contributed by atoms with Gasteiger partial charge in [-0.05, 0) is 26.3 Å². The summed E-state index contributed by atoms with van der Waals surface area (Å²) in [5, 5.41) is -0.401. The number of aryl methyl sites for hydroxylation is 1. The van der Waals surface area contributed by atoms with Crippen LogP contribution in [0.15, 0.2) is 0 Å². The standard InChI is InChI=1S/C18H12F17NO3S/c1-4-39-9(37)7-5(2)6(3)40-8(7)36-10(38)11(19,20)12(21,22)13(23,24)14(25,26)15(27,28)16(29,30)17(31,32)18(33,34)35/h4H2,1-3H3,(H,36,38). The van der Waals surface area contributed by atoms with Gasteiger partial charge in [-0.1, -0.05) is 0 Å². The summed E-state index contributed by atoms with van der Waals surface area (Å²) in [5.41, 5.74) is -1.03. The molecule has 232 valence electrons. The fourth-order valence-electron chi connectivity index (χ4n) is 2.65. The number of hydrogen-bond donors (Lipinski definition) is 1. The van der Waals surface area contributed by atoms with Gasteiger partial charge in [-0.3, -0.25) is 4.79 Å². The van der Waals surface area contributed by atoms with E-state index in [1.165, 1.54) is 6.92 Å². The van der Waals surface area contributed by atoms with Crippen LogP contribution >= 0.6 is 11.3 Å². The van der Waals surface area contributed by atoms with E-state index in [4.69, 9.17) is 0 Å². The number of amides is 1. The van der Waals surface area contributed by atoms with Gasteiger partial charge in [0, 0.05) is 4.88 Å². The molecule has 0 bridgehead atoms. The van der Waals surface area contributed by atoms with E-state index >= 15 is 0 Å². The molecule has 0 saturated carbocycles. The number of alkyl halides is 17. The quantitative estimate of drug-likeness (QED) is 0.212. The highest BCUT2D eigenvalue weighted by atomic mass is 32.1. The van der Waals surface area contributed by atoms with Crippen molar-refractivity contribution in [2.24, 2.45) is 0 Å². The van der Waals surface area contributed by atoms with Crippen molar-refractivity contribution in [2.45, 2.75) is 68.4 Å². The van der Waals surface area contributed by atoms with Crippen molar-refractivity contribution in [1.29, 1.82) is 0 Å². The van der Waals surface area contributed by atoms with Crippen LogP contribution in [0.4, 0.5) is 79.6 Å². The van der Waals surface area contributed by atoms with E-state index in [-0.39, 0.29) is 21.8 Å². The molecule has 0 radical (unpaired) electrons. The van der Waals surface area contributed by atoms with Crippen molar-refractivity contribution in [3.63, 3.8) is 0 Å². The van der Waals surface area contributed by atoms with E-state index in [2.05, 4.69) is 4.74 Å². The fourth-order valence-corrected chi connectivity index (χ4v) is 3.70. The summed E-state index contributed by atoms with van der Waals surface area (Å²) in [5.74, 6) is -63.8. The van der Waals surface area contributed by atoms with Crippen molar-refractivity contribution < 1.29 is 89.0 Å². The zero-order valence-electron chi connectivity index (χ0n) is 19.3. The van der Waals surface area contributed by atoms with Crippen LogP contribution in [0, 0.1) is 13.8 Å². The van der Waals surface area contributed by atoms with Crippen LogP contribution < -0.4 is 5.32 Å². The van der Waals surface area contributed by atoms with Gasteiger partial charge in [-0.25, -0.2) is 4.79 Å². The molecule has 0 aliphatic rings. The highest BCUT2D eigenvalue weighted by Gasteiger charge is 2.95. The van der Waals surface area contributed by atoms with Gasteiger partial charge >= 0.3 is 59.5 Å². The summed E-state index contributed by atoms with van der Waals surface area (Å²) in [4.78, 5) is 23.7. The molecule has 1 amide bonds. The number of esters is 1. The van der Waals surface area contributed by atoms with Crippen LogP contribution in [-0.4, -0.2) is 66.1 Å². The topological polar surface area (TPSA) is 55.4 Å². The predicted molar refractivity (Wildman–Crippen MR) is 99.1 cm³/mol. The van der Waals surface area contributed by atoms with Crippen LogP contribution in [0.5, 0.6) is 0 Å². The van der Waals surface area contributed by atoms with Crippen molar-refractivity contribution in [3.8, 4) is 0 Å². The summed E-state index contributed by atoms with van der Waals surface area (Å²) in [6.45, 7) is 2.97. The number of thiophene rings is 1. The molecule has 0 spiro atoms. The average Bonchev–Trinajstić information content (AvgIpc) is 3.04. The maximum Gasteiger partial charge on any atom is 0.460 e. The molecule has 0 aliphatic heterocycles. The molecule has 1 aromatic heterocycles. The first kappa shape index (κ1) is 35.5. The third-order valence-corrected chi connectivity index (χ3v) is 6.22. The highest BCUT2D eigenvalue weighted by molar-refractivity contribution is 7.16. The fraction of sp³-hybridized carbons (Fsp3) is 0.667. The Balaban J connectivity index is 3.65. The zero-order chi connectivity index (χ0) is 32.3. The first-order valence-electron chi connectivity index (χ1n) is 9.73. The molecule has 1 N–H and O–H groups in total. The minimum atomic E-state index is -8.81. The van der Waals surface area contributed by atoms with E-state index in [0.717, 1.165) is 19.2 Å². The van der Waals surface area contributed by atoms with Crippen LogP contribution in [0.1, 0.15) is 27.7 Å². The van der Waals surface area contributed by atoms with Gasteiger partial charge in [0.15, 0.2) is 0 Å². The predicted octanol–water partition coefficient (Wildman–Crippen LogP) is 7.49. The zero-order valence-corrected chi connectivity index (χ0v) is 20.1. The Morgan fingerprint density at radius 3 is 1.43 bits per heavy atom. The van der Waals surface area contributed by atoms with E-state index in [0.29, 0.717) is 0 Å². The molecular weight excluding hydrogens is 633 g/mol. The molecule has 1 heterocycles. The molecule has 0 atom stereocenters. The van der Waals surface area contributed by atoms with Crippen LogP contribution in [0.25, 0.3) is 0 Å². The summed E-state index contributed by atoms with van der Waals surface area (Å²) in [6.07, 6.45) is -7.87. The minimum Gasteiger partial charge on any atom is -0.462 e. The SMILES string of the molecule is CCOC(=O)c1c(NC(=O)C(F)(F)C(F)(F)C(F)(F)C(F)(F)C(F)(F)C(F)(F)C(F)(F)C(F)(F)F)sc(C)c1C. The minimum absolute atomic E-state index is 0.0437. The van der Waals surface area contributed by atoms with Gasteiger partial charge in [0.2, 0.25) is 0 Å². The summed E-state index contributed by atoms with van der Waals surface area (Å²) >= 11 is 0.120. The lowest BCUT2D eigenvalue weighted by molar-refractivity contribution is -0.459. The second kappa shape index (κ2) is 10.1. The third-order valence-electron chi connectivity index (χ3n) is 5.10. The highest BCUT2D eigenvalue weighted by Crippen LogP contribution is 2.64. The van der Waals surface area contributed by atoms with E-state index in [1.807, 2.05) is 0 Å². The molecule has 0 aliphatic carbocycles. The van der Waals surface area contributed by atoms with E-state index < -0.39 is 76.7 Å². The second-order valence-corrected chi connectivity index (χ2v) is 8.91. The summed E-state index contributed by atoms with van der Waals surface area (Å²) in [6, 6.07) is 0. The monoisotopic (exact) mass is 645 g/mol. The van der Waals surface area contributed by atoms with Gasteiger partial charge in [0.25, 0.3) is 0 Å². The molecule has 0 fully saturated rings. The van der Waals surface area contributed by atoms with Crippen LogP contribution in [0.2, 0.25) is 0 Å². The molecule has 0 saturated heterocycles. The van der Waals surface area contributed by atoms with Crippen LogP contribution in [-0.2, 0) is 9.53 Å². The Kier molecular flexibility index (Phi) is 8.93. The number of rotatable bonds is 10. The smallest absolute Gasteiger partial charge is 0.460 e. The van der Waals surface area contributed by atoms with Gasteiger partial charge in [0.1, 0.15) is 5.00 Å². The first-order chi connectivity index (χ1) is 17.4. The summed E-state index contributed by atoms with van der Waals surface area (Å²) < 4.78 is 232. The van der Waals surface area contributed by atoms with Crippen LogP contribution in [0.3, 0.4) is 0 Å². The van der Waals surface area contributed by atoms with Crippen molar-refractivity contribution in [2.75, 3.05) is 11.9 Å². The van der Waals surface area contributed by atoms with Gasteiger partial charge in [-0.15, -0.1) is 11.3 Å². The average molecular weight is 645 g/mol. The number of hydrogen-bond acceptors (Lipinski definition) is 4. The molecular formula is C18H12F17NO3S. The Morgan fingerprint density at radius 1 is 0.675 bits per heavy atom. The Hall–Kier alpha value is -2.55.